The van der Waals surface area contributed by atoms with E-state index in [9.17, 15) is 4.21 Å². The fourth-order valence-electron chi connectivity index (χ4n) is 1.95. The predicted molar refractivity (Wildman–Crippen MR) is 82.8 cm³/mol. The molecule has 1 fully saturated rings. The van der Waals surface area contributed by atoms with Crippen molar-refractivity contribution in [3.05, 3.63) is 52.4 Å². The maximum Gasteiger partial charge on any atom is 0.118 e. The molecule has 1 heterocycles. The van der Waals surface area contributed by atoms with E-state index in [0.717, 1.165) is 27.4 Å². The second-order valence-electron chi connectivity index (χ2n) is 4.97. The van der Waals surface area contributed by atoms with Crippen LogP contribution in [-0.4, -0.2) is 10.3 Å². The number of rotatable bonds is 6. The van der Waals surface area contributed by atoms with E-state index in [0.29, 0.717) is 11.8 Å². The highest BCUT2D eigenvalue weighted by Gasteiger charge is 2.20. The summed E-state index contributed by atoms with van der Waals surface area (Å²) in [5, 5.41) is 3.40. The van der Waals surface area contributed by atoms with Crippen LogP contribution in [0.25, 0.3) is 0 Å². The van der Waals surface area contributed by atoms with Crippen molar-refractivity contribution in [2.75, 3.05) is 0 Å². The van der Waals surface area contributed by atoms with E-state index in [1.54, 1.807) is 0 Å². The zero-order valence-corrected chi connectivity index (χ0v) is 13.4. The molecule has 3 rings (SSSR count). The Morgan fingerprint density at radius 2 is 2.05 bits per heavy atom. The van der Waals surface area contributed by atoms with Crippen molar-refractivity contribution in [2.45, 2.75) is 36.1 Å². The second kappa shape index (κ2) is 6.24. The Hall–Kier alpha value is -0.910. The van der Waals surface area contributed by atoms with E-state index in [2.05, 4.69) is 21.2 Å². The molecule has 1 aromatic carbocycles. The van der Waals surface area contributed by atoms with Crippen molar-refractivity contribution in [3.63, 3.8) is 0 Å². The van der Waals surface area contributed by atoms with Crippen LogP contribution in [0.1, 0.15) is 24.4 Å². The highest BCUT2D eigenvalue weighted by Crippen LogP contribution is 2.21. The topological polar surface area (TPSA) is 42.2 Å². The van der Waals surface area contributed by atoms with E-state index < -0.39 is 10.8 Å². The molecule has 106 valence electrons. The van der Waals surface area contributed by atoms with Gasteiger partial charge in [0.15, 0.2) is 0 Å². The Labute approximate surface area is 129 Å². The summed E-state index contributed by atoms with van der Waals surface area (Å²) in [4.78, 5) is 0.813. The van der Waals surface area contributed by atoms with Gasteiger partial charge in [0, 0.05) is 15.4 Å². The lowest BCUT2D eigenvalue weighted by molar-refractivity contribution is 0.457. The highest BCUT2D eigenvalue weighted by atomic mass is 79.9. The minimum atomic E-state index is -1.08. The lowest BCUT2D eigenvalue weighted by Gasteiger charge is -2.01. The van der Waals surface area contributed by atoms with Crippen LogP contribution in [0.15, 0.2) is 50.2 Å². The second-order valence-corrected chi connectivity index (χ2v) is 7.34. The molecule has 1 aliphatic carbocycles. The molecular weight excluding hydrogens is 338 g/mol. The molecule has 0 amide bonds. The molecule has 1 unspecified atom stereocenters. The molecule has 20 heavy (non-hydrogen) atoms. The molecule has 1 saturated carbocycles. The van der Waals surface area contributed by atoms with Crippen LogP contribution >= 0.6 is 15.9 Å². The van der Waals surface area contributed by atoms with Gasteiger partial charge in [0.2, 0.25) is 0 Å². The van der Waals surface area contributed by atoms with E-state index >= 15 is 0 Å². The molecule has 1 aromatic heterocycles. The van der Waals surface area contributed by atoms with Crippen LogP contribution in [0.4, 0.5) is 0 Å². The summed E-state index contributed by atoms with van der Waals surface area (Å²) < 4.78 is 18.9. The minimum Gasteiger partial charge on any atom is -0.464 e. The summed E-state index contributed by atoms with van der Waals surface area (Å²) in [6, 6.07) is 12.1. The number of benzene rings is 1. The Morgan fingerprint density at radius 1 is 1.25 bits per heavy atom. The fourth-order valence-corrected chi connectivity index (χ4v) is 3.57. The molecule has 1 aliphatic rings. The highest BCUT2D eigenvalue weighted by molar-refractivity contribution is 9.10. The summed E-state index contributed by atoms with van der Waals surface area (Å²) in [6.45, 7) is 0.758. The van der Waals surface area contributed by atoms with E-state index in [4.69, 9.17) is 4.42 Å². The standard InChI is InChI=1S/C15H16BrNO2S/c16-11-2-1-3-15(8-11)20(18)10-14-7-6-13(19-14)9-17-12-4-5-12/h1-3,6-8,12,17H,4-5,9-10H2. The smallest absolute Gasteiger partial charge is 0.118 e. The molecule has 3 nitrogen and oxygen atoms in total. The van der Waals surface area contributed by atoms with E-state index in [-0.39, 0.29) is 0 Å². The first-order chi connectivity index (χ1) is 9.70. The predicted octanol–water partition coefficient (Wildman–Crippen LogP) is 3.60. The third-order valence-electron chi connectivity index (χ3n) is 3.19. The first kappa shape index (κ1) is 14.0. The van der Waals surface area contributed by atoms with Gasteiger partial charge in [-0.1, -0.05) is 22.0 Å². The Morgan fingerprint density at radius 3 is 2.80 bits per heavy atom. The van der Waals surface area contributed by atoms with Crippen LogP contribution in [0.2, 0.25) is 0 Å². The van der Waals surface area contributed by atoms with Gasteiger partial charge < -0.3 is 9.73 Å². The molecular formula is C15H16BrNO2S. The first-order valence-electron chi connectivity index (χ1n) is 6.65. The number of halogens is 1. The van der Waals surface area contributed by atoms with Crippen LogP contribution in [0.3, 0.4) is 0 Å². The largest absolute Gasteiger partial charge is 0.464 e. The average molecular weight is 354 g/mol. The third-order valence-corrected chi connectivity index (χ3v) is 5.01. The summed E-state index contributed by atoms with van der Waals surface area (Å²) >= 11 is 3.39. The SMILES string of the molecule is O=S(Cc1ccc(CNC2CC2)o1)c1cccc(Br)c1. The summed E-state index contributed by atoms with van der Waals surface area (Å²) in [5.74, 6) is 2.11. The number of hydrogen-bond acceptors (Lipinski definition) is 3. The van der Waals surface area contributed by atoms with Gasteiger partial charge in [0.1, 0.15) is 11.5 Å². The maximum atomic E-state index is 12.3. The van der Waals surface area contributed by atoms with E-state index in [1.807, 2.05) is 36.4 Å². The van der Waals surface area contributed by atoms with Crippen molar-refractivity contribution < 1.29 is 8.63 Å². The molecule has 0 bridgehead atoms. The van der Waals surface area contributed by atoms with Gasteiger partial charge in [-0.3, -0.25) is 4.21 Å². The zero-order valence-electron chi connectivity index (χ0n) is 11.0. The molecule has 0 spiro atoms. The molecule has 5 heteroatoms. The third kappa shape index (κ3) is 3.81. The summed E-state index contributed by atoms with van der Waals surface area (Å²) in [6.07, 6.45) is 2.53. The van der Waals surface area contributed by atoms with Crippen LogP contribution in [0, 0.1) is 0 Å². The summed E-state index contributed by atoms with van der Waals surface area (Å²) in [5.41, 5.74) is 0. The van der Waals surface area contributed by atoms with Gasteiger partial charge in [0.05, 0.1) is 23.1 Å². The van der Waals surface area contributed by atoms with Crippen molar-refractivity contribution in [2.24, 2.45) is 0 Å². The van der Waals surface area contributed by atoms with Gasteiger partial charge in [-0.2, -0.15) is 0 Å². The van der Waals surface area contributed by atoms with Crippen molar-refractivity contribution in [1.82, 2.24) is 5.32 Å². The molecule has 1 atom stereocenters. The lowest BCUT2D eigenvalue weighted by Crippen LogP contribution is -2.14. The maximum absolute atomic E-state index is 12.3. The Kier molecular flexibility index (Phi) is 4.38. The monoisotopic (exact) mass is 353 g/mol. The van der Waals surface area contributed by atoms with E-state index in [1.165, 1.54) is 12.8 Å². The van der Waals surface area contributed by atoms with Crippen molar-refractivity contribution >= 4 is 26.7 Å². The Balaban J connectivity index is 1.60. The van der Waals surface area contributed by atoms with Crippen molar-refractivity contribution in [3.8, 4) is 0 Å². The van der Waals surface area contributed by atoms with Crippen molar-refractivity contribution in [1.29, 1.82) is 0 Å². The normalized spacial score (nSPS) is 16.2. The fraction of sp³-hybridized carbons (Fsp3) is 0.333. The van der Waals surface area contributed by atoms with Gasteiger partial charge in [0.25, 0.3) is 0 Å². The quantitative estimate of drug-likeness (QED) is 0.862. The van der Waals surface area contributed by atoms with Crippen LogP contribution in [0.5, 0.6) is 0 Å². The number of nitrogens with one attached hydrogen (secondary N) is 1. The lowest BCUT2D eigenvalue weighted by atomic mass is 10.4. The van der Waals surface area contributed by atoms with Gasteiger partial charge in [-0.25, -0.2) is 0 Å². The molecule has 2 aromatic rings. The number of furan rings is 1. The van der Waals surface area contributed by atoms with Gasteiger partial charge in [-0.05, 0) is 43.2 Å². The molecule has 1 N–H and O–H groups in total. The average Bonchev–Trinajstić information content (AvgIpc) is 3.16. The molecule has 0 radical (unpaired) electrons. The Bertz CT molecular complexity index is 622. The van der Waals surface area contributed by atoms with Crippen LogP contribution < -0.4 is 5.32 Å². The molecule has 0 aliphatic heterocycles. The molecule has 0 saturated heterocycles. The van der Waals surface area contributed by atoms with Crippen LogP contribution in [-0.2, 0) is 23.1 Å². The number of hydrogen-bond donors (Lipinski definition) is 1. The first-order valence-corrected chi connectivity index (χ1v) is 8.77. The van der Waals surface area contributed by atoms with Gasteiger partial charge in [-0.15, -0.1) is 0 Å². The zero-order chi connectivity index (χ0) is 13.9. The minimum absolute atomic E-state index is 0.417. The van der Waals surface area contributed by atoms with Gasteiger partial charge >= 0.3 is 0 Å². The summed E-state index contributed by atoms with van der Waals surface area (Å²) in [7, 11) is -1.08.